The van der Waals surface area contributed by atoms with E-state index in [4.69, 9.17) is 26.1 Å². The van der Waals surface area contributed by atoms with Crippen LogP contribution in [-0.2, 0) is 0 Å². The lowest BCUT2D eigenvalue weighted by atomic mass is 10.1. The van der Waals surface area contributed by atoms with Crippen LogP contribution in [0.15, 0.2) is 52.9 Å². The van der Waals surface area contributed by atoms with Gasteiger partial charge >= 0.3 is 0 Å². The summed E-state index contributed by atoms with van der Waals surface area (Å²) in [6.07, 6.45) is 0. The van der Waals surface area contributed by atoms with Crippen molar-refractivity contribution in [3.63, 3.8) is 0 Å². The van der Waals surface area contributed by atoms with Gasteiger partial charge in [0.1, 0.15) is 17.3 Å². The number of nitrogens with one attached hydrogen (secondary N) is 2. The van der Waals surface area contributed by atoms with E-state index >= 15 is 0 Å². The predicted octanol–water partition coefficient (Wildman–Crippen LogP) is 3.29. The fourth-order valence-electron chi connectivity index (χ4n) is 3.18. The van der Waals surface area contributed by atoms with Crippen LogP contribution in [0.4, 0.5) is 11.5 Å². The van der Waals surface area contributed by atoms with Crippen LogP contribution in [0.2, 0.25) is 0 Å². The van der Waals surface area contributed by atoms with Crippen molar-refractivity contribution in [3.05, 3.63) is 53.4 Å². The molecule has 148 valence electrons. The molecule has 6 N–H and O–H groups in total. The Bertz CT molecular complexity index is 1220. The summed E-state index contributed by atoms with van der Waals surface area (Å²) < 4.78 is 11.9. The molecule has 29 heavy (non-hydrogen) atoms. The highest BCUT2D eigenvalue weighted by molar-refractivity contribution is 7.18. The monoisotopic (exact) mass is 408 g/mol. The number of amidine groups is 1. The highest BCUT2D eigenvalue weighted by Gasteiger charge is 2.14. The lowest BCUT2D eigenvalue weighted by Gasteiger charge is -2.14. The van der Waals surface area contributed by atoms with Crippen molar-refractivity contribution in [3.8, 4) is 11.5 Å². The van der Waals surface area contributed by atoms with Crippen molar-refractivity contribution in [2.24, 2.45) is 16.8 Å². The summed E-state index contributed by atoms with van der Waals surface area (Å²) >= 11 is 1.65. The first-order chi connectivity index (χ1) is 14.2. The van der Waals surface area contributed by atoms with E-state index in [-0.39, 0.29) is 0 Å². The van der Waals surface area contributed by atoms with Gasteiger partial charge in [-0.3, -0.25) is 0 Å². The van der Waals surface area contributed by atoms with Gasteiger partial charge < -0.3 is 26.1 Å². The van der Waals surface area contributed by atoms with E-state index in [1.54, 1.807) is 25.6 Å². The summed E-state index contributed by atoms with van der Waals surface area (Å²) in [5.41, 5.74) is 4.80. The highest BCUT2D eigenvalue weighted by atomic mass is 32.1. The molecule has 0 fully saturated rings. The van der Waals surface area contributed by atoms with Crippen molar-refractivity contribution in [1.82, 2.24) is 10.4 Å². The van der Waals surface area contributed by atoms with Gasteiger partial charge in [0.25, 0.3) is 0 Å². The van der Waals surface area contributed by atoms with Crippen molar-refractivity contribution >= 4 is 49.7 Å². The highest BCUT2D eigenvalue weighted by Crippen LogP contribution is 2.37. The Labute approximate surface area is 171 Å². The normalized spacial score (nSPS) is 11.6. The summed E-state index contributed by atoms with van der Waals surface area (Å²) in [5.74, 6) is 13.4. The molecular weight excluding hydrogens is 388 g/mol. The largest absolute Gasteiger partial charge is 0.497 e. The van der Waals surface area contributed by atoms with Gasteiger partial charge in [-0.2, -0.15) is 5.10 Å². The van der Waals surface area contributed by atoms with Crippen molar-refractivity contribution in [2.75, 3.05) is 19.5 Å². The van der Waals surface area contributed by atoms with Crippen LogP contribution in [0.1, 0.15) is 5.56 Å². The molecule has 8 nitrogen and oxygen atoms in total. The van der Waals surface area contributed by atoms with Crippen LogP contribution in [0.25, 0.3) is 21.0 Å². The number of hydrazone groups is 1. The van der Waals surface area contributed by atoms with Crippen LogP contribution in [-0.4, -0.2) is 25.0 Å². The van der Waals surface area contributed by atoms with Crippen LogP contribution in [0, 0.1) is 0 Å². The van der Waals surface area contributed by atoms with E-state index in [0.29, 0.717) is 17.4 Å². The molecular formula is C20H20N6O2S. The number of rotatable bonds is 5. The van der Waals surface area contributed by atoms with Gasteiger partial charge in [-0.15, -0.1) is 11.3 Å². The third kappa shape index (κ3) is 3.37. The SMILES string of the molecule is COc1ccc(OC)c(Nc2nc3cc(/C(=N/N)NN)ccc3c3sccc23)c1. The Kier molecular flexibility index (Phi) is 5.07. The molecule has 0 atom stereocenters. The third-order valence-corrected chi connectivity index (χ3v) is 5.54. The summed E-state index contributed by atoms with van der Waals surface area (Å²) in [7, 11) is 3.25. The Morgan fingerprint density at radius 3 is 2.66 bits per heavy atom. The van der Waals surface area contributed by atoms with E-state index in [9.17, 15) is 0 Å². The van der Waals surface area contributed by atoms with Gasteiger partial charge in [0, 0.05) is 27.1 Å². The third-order valence-electron chi connectivity index (χ3n) is 4.59. The molecule has 0 aliphatic carbocycles. The average Bonchev–Trinajstić information content (AvgIpc) is 3.25. The zero-order valence-corrected chi connectivity index (χ0v) is 16.7. The minimum absolute atomic E-state index is 0.379. The second-order valence-electron chi connectivity index (χ2n) is 6.17. The number of aromatic nitrogens is 1. The molecule has 0 spiro atoms. The number of thiophene rings is 1. The number of benzene rings is 2. The van der Waals surface area contributed by atoms with Crippen LogP contribution in [0.3, 0.4) is 0 Å². The Balaban J connectivity index is 1.88. The minimum Gasteiger partial charge on any atom is -0.497 e. The van der Waals surface area contributed by atoms with Gasteiger partial charge in [-0.05, 0) is 29.6 Å². The number of hydrogen-bond acceptors (Lipinski definition) is 8. The van der Waals surface area contributed by atoms with Crippen molar-refractivity contribution in [2.45, 2.75) is 0 Å². The van der Waals surface area contributed by atoms with Crippen molar-refractivity contribution < 1.29 is 9.47 Å². The average molecular weight is 408 g/mol. The van der Waals surface area contributed by atoms with Crippen LogP contribution < -0.4 is 31.9 Å². The standard InChI is InChI=1S/C20H20N6O2S/c1-27-12-4-6-17(28-2)16(10-12)24-20-14-7-8-29-18(14)13-5-3-11(9-15(13)23-20)19(25-21)26-22/h3-10H,21-22H2,1-2H3,(H,23,24)(H,25,26). The van der Waals surface area contributed by atoms with Gasteiger partial charge in [-0.1, -0.05) is 12.1 Å². The maximum atomic E-state index is 5.51. The second kappa shape index (κ2) is 7.82. The summed E-state index contributed by atoms with van der Waals surface area (Å²) in [6, 6.07) is 13.4. The molecule has 0 amide bonds. The van der Waals surface area contributed by atoms with E-state index < -0.39 is 0 Å². The number of nitrogens with zero attached hydrogens (tertiary/aromatic N) is 2. The molecule has 2 aromatic heterocycles. The van der Waals surface area contributed by atoms with Gasteiger partial charge in [0.2, 0.25) is 0 Å². The number of hydrazine groups is 1. The van der Waals surface area contributed by atoms with E-state index in [0.717, 1.165) is 38.0 Å². The first kappa shape index (κ1) is 18.8. The lowest BCUT2D eigenvalue weighted by Crippen LogP contribution is -2.32. The Morgan fingerprint density at radius 1 is 1.07 bits per heavy atom. The molecule has 0 aliphatic heterocycles. The number of fused-ring (bicyclic) bond motifs is 3. The maximum absolute atomic E-state index is 5.51. The first-order valence-corrected chi connectivity index (χ1v) is 9.61. The van der Waals surface area contributed by atoms with E-state index in [1.165, 1.54) is 0 Å². The molecule has 2 aromatic carbocycles. The summed E-state index contributed by atoms with van der Waals surface area (Å²) in [6.45, 7) is 0. The van der Waals surface area contributed by atoms with E-state index in [1.807, 2.05) is 47.8 Å². The zero-order chi connectivity index (χ0) is 20.4. The molecule has 0 bridgehead atoms. The fourth-order valence-corrected chi connectivity index (χ4v) is 4.11. The maximum Gasteiger partial charge on any atom is 0.166 e. The molecule has 0 radical (unpaired) electrons. The van der Waals surface area contributed by atoms with Crippen LogP contribution in [0.5, 0.6) is 11.5 Å². The van der Waals surface area contributed by atoms with E-state index in [2.05, 4.69) is 15.8 Å². The number of hydrogen-bond donors (Lipinski definition) is 4. The molecule has 0 unspecified atom stereocenters. The summed E-state index contributed by atoms with van der Waals surface area (Å²) in [5, 5.41) is 11.2. The minimum atomic E-state index is 0.379. The molecule has 0 saturated carbocycles. The number of methoxy groups -OCH3 is 2. The fraction of sp³-hybridized carbons (Fsp3) is 0.100. The van der Waals surface area contributed by atoms with Gasteiger partial charge in [-0.25, -0.2) is 10.8 Å². The smallest absolute Gasteiger partial charge is 0.166 e. The first-order valence-electron chi connectivity index (χ1n) is 8.73. The second-order valence-corrected chi connectivity index (χ2v) is 7.09. The lowest BCUT2D eigenvalue weighted by molar-refractivity contribution is 0.405. The molecule has 9 heteroatoms. The molecule has 0 saturated heterocycles. The molecule has 2 heterocycles. The Hall–Kier alpha value is -3.56. The van der Waals surface area contributed by atoms with Gasteiger partial charge in [0.15, 0.2) is 5.84 Å². The quantitative estimate of drug-likeness (QED) is 0.173. The number of pyridine rings is 1. The number of nitrogens with two attached hydrogens (primary N) is 2. The molecule has 4 aromatic rings. The predicted molar refractivity (Wildman–Crippen MR) is 118 cm³/mol. The molecule has 4 rings (SSSR count). The topological polar surface area (TPSA) is 120 Å². The number of anilines is 2. The van der Waals surface area contributed by atoms with Gasteiger partial charge in [0.05, 0.1) is 25.4 Å². The number of ether oxygens (including phenoxy) is 2. The van der Waals surface area contributed by atoms with Crippen LogP contribution >= 0.6 is 11.3 Å². The zero-order valence-electron chi connectivity index (χ0n) is 15.9. The summed E-state index contributed by atoms with van der Waals surface area (Å²) in [4.78, 5) is 4.85. The Morgan fingerprint density at radius 2 is 1.93 bits per heavy atom. The van der Waals surface area contributed by atoms with Crippen molar-refractivity contribution in [1.29, 1.82) is 0 Å². The molecule has 0 aliphatic rings.